The number of anilines is 1. The third kappa shape index (κ3) is 1.65. The molecule has 2 aromatic rings. The summed E-state index contributed by atoms with van der Waals surface area (Å²) in [5.74, 6) is 0.285. The number of aromatic hydroxyl groups is 1. The molecule has 0 saturated heterocycles. The van der Waals surface area contributed by atoms with E-state index >= 15 is 0 Å². The van der Waals surface area contributed by atoms with Gasteiger partial charge in [0.05, 0.1) is 0 Å². The number of phenols is 1. The van der Waals surface area contributed by atoms with E-state index in [0.717, 1.165) is 16.1 Å². The van der Waals surface area contributed by atoms with Crippen molar-refractivity contribution in [2.45, 2.75) is 0 Å². The quantitative estimate of drug-likeness (QED) is 0.728. The smallest absolute Gasteiger partial charge is 0.115 e. The van der Waals surface area contributed by atoms with Crippen LogP contribution in [0.1, 0.15) is 0 Å². The monoisotopic (exact) mass is 191 g/mol. The van der Waals surface area contributed by atoms with Crippen molar-refractivity contribution in [3.8, 4) is 16.2 Å². The number of nitrogens with two attached hydrogens (primary N) is 1. The summed E-state index contributed by atoms with van der Waals surface area (Å²) in [7, 11) is 0. The summed E-state index contributed by atoms with van der Waals surface area (Å²) in [5, 5.41) is 11.0. The minimum absolute atomic E-state index is 0.285. The molecule has 0 saturated carbocycles. The van der Waals surface area contributed by atoms with Gasteiger partial charge in [-0.2, -0.15) is 0 Å². The molecule has 0 fully saturated rings. The van der Waals surface area contributed by atoms with Gasteiger partial charge in [-0.05, 0) is 35.9 Å². The second-order valence-corrected chi connectivity index (χ2v) is 3.70. The molecule has 13 heavy (non-hydrogen) atoms. The summed E-state index contributed by atoms with van der Waals surface area (Å²) in [6.07, 6.45) is 0. The maximum Gasteiger partial charge on any atom is 0.115 e. The molecule has 3 heteroatoms. The molecule has 0 atom stereocenters. The molecule has 2 nitrogen and oxygen atoms in total. The third-order valence-corrected chi connectivity index (χ3v) is 2.77. The number of rotatable bonds is 1. The Hall–Kier alpha value is -1.48. The summed E-state index contributed by atoms with van der Waals surface area (Å²) < 4.78 is 0. The summed E-state index contributed by atoms with van der Waals surface area (Å²) in [5.41, 5.74) is 7.47. The van der Waals surface area contributed by atoms with Crippen molar-refractivity contribution in [3.63, 3.8) is 0 Å². The number of benzene rings is 1. The van der Waals surface area contributed by atoms with Crippen LogP contribution in [0.2, 0.25) is 0 Å². The van der Waals surface area contributed by atoms with E-state index in [4.69, 9.17) is 10.8 Å². The van der Waals surface area contributed by atoms with Gasteiger partial charge in [-0.15, -0.1) is 11.3 Å². The standard InChI is InChI=1S/C10H9NOS/c11-8-5-10(13-6-8)7-1-3-9(12)4-2-7/h1-6,12H,11H2. The first-order valence-electron chi connectivity index (χ1n) is 3.89. The number of hydrogen-bond acceptors (Lipinski definition) is 3. The first kappa shape index (κ1) is 8.13. The van der Waals surface area contributed by atoms with Crippen LogP contribution >= 0.6 is 11.3 Å². The van der Waals surface area contributed by atoms with E-state index in [1.807, 2.05) is 23.6 Å². The lowest BCUT2D eigenvalue weighted by atomic mass is 10.2. The Morgan fingerprint density at radius 3 is 2.38 bits per heavy atom. The summed E-state index contributed by atoms with van der Waals surface area (Å²) in [6.45, 7) is 0. The Labute approximate surface area is 80.3 Å². The maximum atomic E-state index is 9.09. The minimum Gasteiger partial charge on any atom is -0.508 e. The van der Waals surface area contributed by atoms with Gasteiger partial charge in [-0.1, -0.05) is 0 Å². The van der Waals surface area contributed by atoms with Crippen LogP contribution in [0.4, 0.5) is 5.69 Å². The van der Waals surface area contributed by atoms with Crippen LogP contribution in [-0.4, -0.2) is 5.11 Å². The molecule has 0 spiro atoms. The molecule has 2 rings (SSSR count). The fourth-order valence-electron chi connectivity index (χ4n) is 1.13. The van der Waals surface area contributed by atoms with Gasteiger partial charge >= 0.3 is 0 Å². The number of hydrogen-bond donors (Lipinski definition) is 2. The van der Waals surface area contributed by atoms with Crippen molar-refractivity contribution in [1.82, 2.24) is 0 Å². The van der Waals surface area contributed by atoms with E-state index in [1.165, 1.54) is 0 Å². The van der Waals surface area contributed by atoms with Crippen LogP contribution in [0.5, 0.6) is 5.75 Å². The number of nitrogen functional groups attached to an aromatic ring is 1. The lowest BCUT2D eigenvalue weighted by Gasteiger charge is -1.96. The van der Waals surface area contributed by atoms with Crippen molar-refractivity contribution < 1.29 is 5.11 Å². The topological polar surface area (TPSA) is 46.2 Å². The molecular weight excluding hydrogens is 182 g/mol. The highest BCUT2D eigenvalue weighted by atomic mass is 32.1. The summed E-state index contributed by atoms with van der Waals surface area (Å²) in [4.78, 5) is 1.12. The fraction of sp³-hybridized carbons (Fsp3) is 0. The van der Waals surface area contributed by atoms with Crippen LogP contribution < -0.4 is 5.73 Å². The zero-order valence-corrected chi connectivity index (χ0v) is 7.71. The Kier molecular flexibility index (Phi) is 1.94. The molecule has 0 bridgehead atoms. The van der Waals surface area contributed by atoms with Gasteiger partial charge in [0, 0.05) is 15.9 Å². The van der Waals surface area contributed by atoms with E-state index in [-0.39, 0.29) is 5.75 Å². The van der Waals surface area contributed by atoms with Crippen LogP contribution in [0, 0.1) is 0 Å². The number of thiophene rings is 1. The Balaban J connectivity index is 2.41. The summed E-state index contributed by atoms with van der Waals surface area (Å²) in [6, 6.07) is 9.02. The molecule has 1 aromatic heterocycles. The van der Waals surface area contributed by atoms with Crippen molar-refractivity contribution in [1.29, 1.82) is 0 Å². The molecule has 1 aromatic carbocycles. The van der Waals surface area contributed by atoms with Gasteiger partial charge < -0.3 is 10.8 Å². The summed E-state index contributed by atoms with van der Waals surface area (Å²) >= 11 is 1.60. The van der Waals surface area contributed by atoms with Crippen molar-refractivity contribution in [3.05, 3.63) is 35.7 Å². The lowest BCUT2D eigenvalue weighted by molar-refractivity contribution is 0.475. The highest BCUT2D eigenvalue weighted by Crippen LogP contribution is 2.29. The van der Waals surface area contributed by atoms with Crippen LogP contribution in [0.15, 0.2) is 35.7 Å². The van der Waals surface area contributed by atoms with Crippen molar-refractivity contribution in [2.75, 3.05) is 5.73 Å². The average molecular weight is 191 g/mol. The van der Waals surface area contributed by atoms with Crippen molar-refractivity contribution in [2.24, 2.45) is 0 Å². The zero-order chi connectivity index (χ0) is 9.26. The average Bonchev–Trinajstić information content (AvgIpc) is 2.53. The highest BCUT2D eigenvalue weighted by Gasteiger charge is 1.99. The molecule has 0 radical (unpaired) electrons. The van der Waals surface area contributed by atoms with Crippen molar-refractivity contribution >= 4 is 17.0 Å². The van der Waals surface area contributed by atoms with Gasteiger partial charge in [-0.25, -0.2) is 0 Å². The van der Waals surface area contributed by atoms with E-state index in [2.05, 4.69) is 0 Å². The van der Waals surface area contributed by atoms with E-state index in [9.17, 15) is 0 Å². The molecule has 66 valence electrons. The van der Waals surface area contributed by atoms with E-state index in [1.54, 1.807) is 23.5 Å². The zero-order valence-electron chi connectivity index (χ0n) is 6.90. The van der Waals surface area contributed by atoms with Gasteiger partial charge in [0.2, 0.25) is 0 Å². The van der Waals surface area contributed by atoms with E-state index in [0.29, 0.717) is 0 Å². The lowest BCUT2D eigenvalue weighted by Crippen LogP contribution is -1.76. The molecule has 0 amide bonds. The molecule has 0 aliphatic carbocycles. The first-order chi connectivity index (χ1) is 6.25. The second kappa shape index (κ2) is 3.11. The molecule has 3 N–H and O–H groups in total. The third-order valence-electron chi connectivity index (χ3n) is 1.77. The largest absolute Gasteiger partial charge is 0.508 e. The van der Waals surface area contributed by atoms with Gasteiger partial charge in [0.15, 0.2) is 0 Å². The molecule has 0 aliphatic heterocycles. The van der Waals surface area contributed by atoms with Gasteiger partial charge in [-0.3, -0.25) is 0 Å². The first-order valence-corrected chi connectivity index (χ1v) is 4.77. The van der Waals surface area contributed by atoms with E-state index < -0.39 is 0 Å². The minimum atomic E-state index is 0.285. The van der Waals surface area contributed by atoms with Crippen LogP contribution in [-0.2, 0) is 0 Å². The van der Waals surface area contributed by atoms with Crippen LogP contribution in [0.3, 0.4) is 0 Å². The number of phenolic OH excluding ortho intramolecular Hbond substituents is 1. The Morgan fingerprint density at radius 2 is 1.85 bits per heavy atom. The Bertz CT molecular complexity index is 405. The predicted molar refractivity (Wildman–Crippen MR) is 55.8 cm³/mol. The molecule has 1 heterocycles. The Morgan fingerprint density at radius 1 is 1.15 bits per heavy atom. The predicted octanol–water partition coefficient (Wildman–Crippen LogP) is 2.70. The maximum absolute atomic E-state index is 9.09. The van der Waals surface area contributed by atoms with Gasteiger partial charge in [0.25, 0.3) is 0 Å². The van der Waals surface area contributed by atoms with Gasteiger partial charge in [0.1, 0.15) is 5.75 Å². The van der Waals surface area contributed by atoms with Crippen LogP contribution in [0.25, 0.3) is 10.4 Å². The second-order valence-electron chi connectivity index (χ2n) is 2.79. The molecule has 0 aliphatic rings. The molecule has 0 unspecified atom stereocenters. The molecular formula is C10H9NOS. The SMILES string of the molecule is Nc1csc(-c2ccc(O)cc2)c1. The normalized spacial score (nSPS) is 10.2. The highest BCUT2D eigenvalue weighted by molar-refractivity contribution is 7.14. The fourth-order valence-corrected chi connectivity index (χ4v) is 1.94.